The van der Waals surface area contributed by atoms with Gasteiger partial charge in [0.05, 0.1) is 0 Å². The van der Waals surface area contributed by atoms with Gasteiger partial charge in [-0.3, -0.25) is 0 Å². The molecule has 3 nitrogen and oxygen atoms in total. The number of hydrogen-bond donors (Lipinski definition) is 3. The van der Waals surface area contributed by atoms with E-state index in [1.165, 1.54) is 0 Å². The van der Waals surface area contributed by atoms with Crippen LogP contribution in [0, 0.1) is 5.92 Å². The summed E-state index contributed by atoms with van der Waals surface area (Å²) in [5, 5.41) is 5.99. The van der Waals surface area contributed by atoms with E-state index in [0.717, 1.165) is 19.4 Å². The Morgan fingerprint density at radius 3 is 2.35 bits per heavy atom. The first-order valence-corrected chi connectivity index (χ1v) is 6.26. The topological polar surface area (TPSA) is 50.1 Å². The predicted molar refractivity (Wildman–Crippen MR) is 59.6 cm³/mol. The molecule has 0 aromatic carbocycles. The Hall–Kier alpha value is -0.330. The number of rotatable bonds is 1. The fourth-order valence-corrected chi connectivity index (χ4v) is 2.84. The number of piperidine rings is 2. The lowest BCUT2D eigenvalue weighted by molar-refractivity contribution is -0.162. The van der Waals surface area contributed by atoms with Gasteiger partial charge in [0.2, 0.25) is 0 Å². The summed E-state index contributed by atoms with van der Waals surface area (Å²) >= 11 is 0. The fourth-order valence-electron chi connectivity index (χ4n) is 2.84. The highest BCUT2D eigenvalue weighted by molar-refractivity contribution is 4.91. The van der Waals surface area contributed by atoms with Gasteiger partial charge in [-0.2, -0.15) is 13.2 Å². The smallest absolute Gasteiger partial charge is 0.328 e. The molecule has 0 bridgehead atoms. The van der Waals surface area contributed by atoms with Gasteiger partial charge in [0, 0.05) is 18.6 Å². The van der Waals surface area contributed by atoms with Crippen molar-refractivity contribution in [3.63, 3.8) is 0 Å². The van der Waals surface area contributed by atoms with Crippen LogP contribution in [0.2, 0.25) is 0 Å². The molecule has 100 valence electrons. The van der Waals surface area contributed by atoms with E-state index < -0.39 is 12.2 Å². The first kappa shape index (κ1) is 13.1. The van der Waals surface area contributed by atoms with E-state index in [1.54, 1.807) is 0 Å². The molecule has 4 atom stereocenters. The minimum absolute atomic E-state index is 0.182. The highest BCUT2D eigenvalue weighted by Crippen LogP contribution is 2.30. The largest absolute Gasteiger partial charge is 0.403 e. The maximum Gasteiger partial charge on any atom is 0.403 e. The highest BCUT2D eigenvalue weighted by Gasteiger charge is 2.42. The first-order valence-electron chi connectivity index (χ1n) is 6.26. The van der Waals surface area contributed by atoms with Gasteiger partial charge in [0.25, 0.3) is 0 Å². The molecule has 2 aliphatic rings. The second-order valence-corrected chi connectivity index (χ2v) is 5.18. The summed E-state index contributed by atoms with van der Waals surface area (Å²) in [4.78, 5) is 0. The number of nitrogens with one attached hydrogen (secondary N) is 2. The first-order chi connectivity index (χ1) is 7.97. The SMILES string of the molecule is NC1CCNC(C2CCC(C(F)(F)F)NC2)C1. The van der Waals surface area contributed by atoms with Crippen molar-refractivity contribution in [2.24, 2.45) is 11.7 Å². The summed E-state index contributed by atoms with van der Waals surface area (Å²) in [7, 11) is 0. The Morgan fingerprint density at radius 1 is 1.06 bits per heavy atom. The predicted octanol–water partition coefficient (Wildman–Crippen LogP) is 0.996. The van der Waals surface area contributed by atoms with Gasteiger partial charge >= 0.3 is 6.18 Å². The molecule has 2 saturated heterocycles. The van der Waals surface area contributed by atoms with Crippen LogP contribution >= 0.6 is 0 Å². The van der Waals surface area contributed by atoms with Crippen molar-refractivity contribution in [1.29, 1.82) is 0 Å². The molecule has 0 aromatic heterocycles. The van der Waals surface area contributed by atoms with Gasteiger partial charge < -0.3 is 16.4 Å². The molecule has 0 spiro atoms. The van der Waals surface area contributed by atoms with Crippen molar-refractivity contribution in [1.82, 2.24) is 10.6 Å². The lowest BCUT2D eigenvalue weighted by Gasteiger charge is -2.39. The summed E-state index contributed by atoms with van der Waals surface area (Å²) in [6, 6.07) is -0.849. The van der Waals surface area contributed by atoms with E-state index in [0.29, 0.717) is 13.0 Å². The molecule has 2 rings (SSSR count). The molecule has 6 heteroatoms. The summed E-state index contributed by atoms with van der Waals surface area (Å²) in [5.41, 5.74) is 5.89. The monoisotopic (exact) mass is 251 g/mol. The number of nitrogens with two attached hydrogens (primary N) is 1. The summed E-state index contributed by atoms with van der Waals surface area (Å²) in [5.74, 6) is 0.278. The van der Waals surface area contributed by atoms with Gasteiger partial charge in [-0.1, -0.05) is 0 Å². The average molecular weight is 251 g/mol. The maximum atomic E-state index is 12.5. The van der Waals surface area contributed by atoms with E-state index in [9.17, 15) is 13.2 Å². The molecule has 2 fully saturated rings. The van der Waals surface area contributed by atoms with Crippen LogP contribution in [0.3, 0.4) is 0 Å². The van der Waals surface area contributed by atoms with Crippen LogP contribution in [-0.2, 0) is 0 Å². The Kier molecular flexibility index (Phi) is 3.95. The molecular weight excluding hydrogens is 231 g/mol. The van der Waals surface area contributed by atoms with Crippen molar-refractivity contribution < 1.29 is 13.2 Å². The normalized spacial score (nSPS) is 40.2. The van der Waals surface area contributed by atoms with Crippen molar-refractivity contribution in [3.8, 4) is 0 Å². The third kappa shape index (κ3) is 3.33. The van der Waals surface area contributed by atoms with Crippen LogP contribution in [-0.4, -0.2) is 37.4 Å². The summed E-state index contributed by atoms with van der Waals surface area (Å²) in [6.07, 6.45) is -1.46. The van der Waals surface area contributed by atoms with Crippen LogP contribution in [0.1, 0.15) is 25.7 Å². The number of alkyl halides is 3. The van der Waals surface area contributed by atoms with Crippen molar-refractivity contribution >= 4 is 0 Å². The Labute approximate surface area is 99.3 Å². The Morgan fingerprint density at radius 2 is 1.82 bits per heavy atom. The number of halogens is 3. The van der Waals surface area contributed by atoms with Gasteiger partial charge in [0.1, 0.15) is 6.04 Å². The van der Waals surface area contributed by atoms with Crippen LogP contribution in [0.15, 0.2) is 0 Å². The molecular formula is C11H20F3N3. The number of hydrogen-bond acceptors (Lipinski definition) is 3. The molecule has 17 heavy (non-hydrogen) atoms. The van der Waals surface area contributed by atoms with Gasteiger partial charge in [-0.25, -0.2) is 0 Å². The van der Waals surface area contributed by atoms with E-state index >= 15 is 0 Å². The minimum atomic E-state index is -4.11. The molecule has 0 aromatic rings. The minimum Gasteiger partial charge on any atom is -0.328 e. The molecule has 0 amide bonds. The lowest BCUT2D eigenvalue weighted by Crippen LogP contribution is -2.55. The third-order valence-electron chi connectivity index (χ3n) is 3.90. The van der Waals surface area contributed by atoms with Crippen LogP contribution in [0.5, 0.6) is 0 Å². The second-order valence-electron chi connectivity index (χ2n) is 5.18. The van der Waals surface area contributed by atoms with Crippen molar-refractivity contribution in [3.05, 3.63) is 0 Å². The molecule has 4 N–H and O–H groups in total. The summed E-state index contributed by atoms with van der Waals surface area (Å²) < 4.78 is 37.4. The Bertz CT molecular complexity index is 249. The second kappa shape index (κ2) is 5.12. The Balaban J connectivity index is 1.82. The lowest BCUT2D eigenvalue weighted by atomic mass is 9.83. The fraction of sp³-hybridized carbons (Fsp3) is 1.00. The van der Waals surface area contributed by atoms with Crippen LogP contribution in [0.4, 0.5) is 13.2 Å². The molecule has 2 heterocycles. The van der Waals surface area contributed by atoms with Gasteiger partial charge in [0.15, 0.2) is 0 Å². The highest BCUT2D eigenvalue weighted by atomic mass is 19.4. The van der Waals surface area contributed by atoms with Gasteiger partial charge in [-0.05, 0) is 38.1 Å². The van der Waals surface area contributed by atoms with Gasteiger partial charge in [-0.15, -0.1) is 0 Å². The van der Waals surface area contributed by atoms with E-state index in [-0.39, 0.29) is 24.4 Å². The zero-order chi connectivity index (χ0) is 12.5. The molecule has 0 aliphatic carbocycles. The van der Waals surface area contributed by atoms with E-state index in [4.69, 9.17) is 5.73 Å². The quantitative estimate of drug-likeness (QED) is 0.651. The van der Waals surface area contributed by atoms with Crippen molar-refractivity contribution in [2.75, 3.05) is 13.1 Å². The van der Waals surface area contributed by atoms with Crippen LogP contribution < -0.4 is 16.4 Å². The average Bonchev–Trinajstić information content (AvgIpc) is 2.28. The molecule has 2 aliphatic heterocycles. The zero-order valence-electron chi connectivity index (χ0n) is 9.76. The van der Waals surface area contributed by atoms with Crippen molar-refractivity contribution in [2.45, 2.75) is 50.0 Å². The molecule has 4 unspecified atom stereocenters. The third-order valence-corrected chi connectivity index (χ3v) is 3.90. The standard InChI is InChI=1S/C11H20F3N3/c12-11(13,14)10-2-1-7(6-17-10)9-5-8(15)3-4-16-9/h7-10,16-17H,1-6,15H2. The molecule has 0 saturated carbocycles. The zero-order valence-corrected chi connectivity index (χ0v) is 9.76. The van der Waals surface area contributed by atoms with Crippen LogP contribution in [0.25, 0.3) is 0 Å². The maximum absolute atomic E-state index is 12.5. The molecule has 0 radical (unpaired) electrons. The summed E-state index contributed by atoms with van der Waals surface area (Å²) in [6.45, 7) is 1.32. The van der Waals surface area contributed by atoms with E-state index in [2.05, 4.69) is 10.6 Å². The van der Waals surface area contributed by atoms with E-state index in [1.807, 2.05) is 0 Å².